The van der Waals surface area contributed by atoms with Gasteiger partial charge in [-0.3, -0.25) is 49.7 Å². The molecule has 0 aromatic heterocycles. The van der Waals surface area contributed by atoms with Crippen LogP contribution in [-0.4, -0.2) is 104 Å². The highest BCUT2D eigenvalue weighted by Gasteiger charge is 2.78. The minimum Gasteiger partial charge on any atom is -0.457 e. The van der Waals surface area contributed by atoms with Crippen molar-refractivity contribution in [3.05, 3.63) is 23.8 Å². The van der Waals surface area contributed by atoms with Crippen LogP contribution in [0, 0.1) is 28.6 Å². The van der Waals surface area contributed by atoms with Gasteiger partial charge >= 0.3 is 11.9 Å². The van der Waals surface area contributed by atoms with Crippen LogP contribution in [0.25, 0.3) is 0 Å². The van der Waals surface area contributed by atoms with Crippen molar-refractivity contribution < 1.29 is 73.0 Å². The molecule has 49 heavy (non-hydrogen) atoms. The Morgan fingerprint density at radius 1 is 0.939 bits per heavy atom. The van der Waals surface area contributed by atoms with Gasteiger partial charge in [0.2, 0.25) is 5.78 Å². The third-order valence-electron chi connectivity index (χ3n) is 11.2. The Bertz CT molecular complexity index is 1330. The molecule has 0 spiro atoms. The van der Waals surface area contributed by atoms with Gasteiger partial charge in [0, 0.05) is 35.5 Å². The van der Waals surface area contributed by atoms with E-state index in [9.17, 15) is 24.3 Å². The lowest BCUT2D eigenvalue weighted by Crippen LogP contribution is -2.71. The number of hydrogen-bond donors (Lipinski definition) is 5. The standard InChI is InChI=1S/C32H46F2N2O13/c1-19-14-21-22-16-24(33)23-15-20(37)10-11-29(23,2)31(22,34)25(38)17-30(21,3)32(19,49-28(41)8-5-4-6-12-47-35(42)43)26(39)18-46-27(40)9-7-13-48-36(44)45/h10-11,15,19,21-22,24-25,38,42-45H,4-9,12-14,16-18H2,1-3H3/t19-,21?,22?,24+,25+,29+,30+,31+,32+/m1/s1. The Morgan fingerprint density at radius 3 is 2.22 bits per heavy atom. The first kappa shape index (κ1) is 39.1. The molecular weight excluding hydrogens is 658 g/mol. The number of carbonyl (C=O) groups is 4. The van der Waals surface area contributed by atoms with Crippen LogP contribution in [0.4, 0.5) is 8.78 Å². The highest BCUT2D eigenvalue weighted by molar-refractivity contribution is 6.01. The molecule has 0 aromatic carbocycles. The van der Waals surface area contributed by atoms with Gasteiger partial charge in [0.1, 0.15) is 6.17 Å². The Hall–Kier alpha value is -2.74. The second kappa shape index (κ2) is 15.2. The smallest absolute Gasteiger partial charge is 0.306 e. The zero-order chi connectivity index (χ0) is 36.4. The second-order valence-corrected chi connectivity index (χ2v) is 13.9. The minimum absolute atomic E-state index is 0.00669. The largest absolute Gasteiger partial charge is 0.457 e. The number of hydrogen-bond acceptors (Lipinski definition) is 15. The Labute approximate surface area is 281 Å². The number of aliphatic hydroxyl groups excluding tert-OH is 1. The van der Waals surface area contributed by atoms with Gasteiger partial charge in [-0.1, -0.05) is 26.3 Å². The van der Waals surface area contributed by atoms with E-state index in [1.807, 2.05) is 0 Å². The maximum atomic E-state index is 17.7. The summed E-state index contributed by atoms with van der Waals surface area (Å²) in [5, 5.41) is 45.4. The van der Waals surface area contributed by atoms with Gasteiger partial charge in [-0.2, -0.15) is 0 Å². The molecule has 3 saturated carbocycles. The average molecular weight is 705 g/mol. The van der Waals surface area contributed by atoms with E-state index in [1.165, 1.54) is 13.0 Å². The third-order valence-corrected chi connectivity index (χ3v) is 11.2. The van der Waals surface area contributed by atoms with Crippen LogP contribution in [0.3, 0.4) is 0 Å². The number of allylic oxidation sites excluding steroid dienone is 4. The molecule has 4 aliphatic rings. The maximum absolute atomic E-state index is 17.7. The Balaban J connectivity index is 1.62. The van der Waals surface area contributed by atoms with Crippen molar-refractivity contribution in [1.82, 2.24) is 10.8 Å². The Kier molecular flexibility index (Phi) is 12.2. The van der Waals surface area contributed by atoms with Crippen LogP contribution in [0.5, 0.6) is 0 Å². The number of carbonyl (C=O) groups excluding carboxylic acids is 4. The molecule has 0 aromatic rings. The number of ketones is 2. The minimum atomic E-state index is -2.43. The summed E-state index contributed by atoms with van der Waals surface area (Å²) in [7, 11) is 0. The molecule has 0 aliphatic heterocycles. The molecule has 0 amide bonds. The lowest BCUT2D eigenvalue weighted by Gasteiger charge is -2.63. The third kappa shape index (κ3) is 7.23. The predicted octanol–water partition coefficient (Wildman–Crippen LogP) is 3.31. The number of alkyl halides is 2. The van der Waals surface area contributed by atoms with Crippen molar-refractivity contribution in [2.24, 2.45) is 28.6 Å². The van der Waals surface area contributed by atoms with E-state index < -0.39 is 93.0 Å². The summed E-state index contributed by atoms with van der Waals surface area (Å²) in [6.07, 6.45) is 0.0593. The molecule has 0 radical (unpaired) electrons. The van der Waals surface area contributed by atoms with Gasteiger partial charge in [0.05, 0.1) is 30.1 Å². The molecule has 15 nitrogen and oxygen atoms in total. The van der Waals surface area contributed by atoms with Gasteiger partial charge in [0.15, 0.2) is 23.7 Å². The summed E-state index contributed by atoms with van der Waals surface area (Å²) < 4.78 is 44.9. The molecule has 0 heterocycles. The summed E-state index contributed by atoms with van der Waals surface area (Å²) in [5.74, 6) is -5.59. The summed E-state index contributed by atoms with van der Waals surface area (Å²) in [4.78, 5) is 61.2. The molecule has 3 fully saturated rings. The molecule has 2 unspecified atom stereocenters. The lowest BCUT2D eigenvalue weighted by atomic mass is 9.44. The van der Waals surface area contributed by atoms with Crippen molar-refractivity contribution >= 4 is 23.5 Å². The van der Waals surface area contributed by atoms with E-state index in [-0.39, 0.29) is 63.7 Å². The van der Waals surface area contributed by atoms with Crippen molar-refractivity contribution in [3.63, 3.8) is 0 Å². The van der Waals surface area contributed by atoms with Crippen LogP contribution < -0.4 is 0 Å². The zero-order valence-electron chi connectivity index (χ0n) is 27.8. The van der Waals surface area contributed by atoms with E-state index in [4.69, 9.17) is 30.3 Å². The fourth-order valence-electron chi connectivity index (χ4n) is 9.01. The first-order valence-corrected chi connectivity index (χ1v) is 16.4. The predicted molar refractivity (Wildman–Crippen MR) is 158 cm³/mol. The van der Waals surface area contributed by atoms with Gasteiger partial charge < -0.3 is 14.6 Å². The topological polar surface area (TPSA) is 213 Å². The Morgan fingerprint density at radius 2 is 1.57 bits per heavy atom. The van der Waals surface area contributed by atoms with Crippen LogP contribution in [0.2, 0.25) is 0 Å². The SMILES string of the molecule is C[C@@H]1CC2C3C[C@H](F)C4=CC(=O)C=C[C@]4(C)[C@@]3(F)[C@@H](O)C[C@]2(C)[C@@]1(OC(=O)CCCCCON(O)O)C(=O)COC(=O)CCCON(O)O. The highest BCUT2D eigenvalue weighted by atomic mass is 19.1. The van der Waals surface area contributed by atoms with E-state index in [1.54, 1.807) is 13.8 Å². The second-order valence-electron chi connectivity index (χ2n) is 13.9. The normalized spacial score (nSPS) is 36.6. The average Bonchev–Trinajstić information content (AvgIpc) is 3.24. The molecule has 17 heteroatoms. The zero-order valence-corrected chi connectivity index (χ0v) is 27.8. The number of esters is 2. The molecule has 5 N–H and O–H groups in total. The lowest BCUT2D eigenvalue weighted by molar-refractivity contribution is -0.492. The van der Waals surface area contributed by atoms with E-state index in [0.29, 0.717) is 12.8 Å². The molecular formula is C32H46F2N2O13. The van der Waals surface area contributed by atoms with Crippen LogP contribution >= 0.6 is 0 Å². The van der Waals surface area contributed by atoms with Crippen molar-refractivity contribution in [1.29, 1.82) is 0 Å². The van der Waals surface area contributed by atoms with E-state index >= 15 is 8.78 Å². The van der Waals surface area contributed by atoms with Crippen molar-refractivity contribution in [2.45, 2.75) is 102 Å². The molecule has 4 rings (SSSR count). The summed E-state index contributed by atoms with van der Waals surface area (Å²) in [6.45, 7) is 3.58. The number of unbranched alkanes of at least 4 members (excludes halogenated alkanes) is 2. The van der Waals surface area contributed by atoms with Crippen molar-refractivity contribution in [3.8, 4) is 0 Å². The number of fused-ring (bicyclic) bond motifs is 5. The van der Waals surface area contributed by atoms with Crippen LogP contribution in [-0.2, 0) is 38.3 Å². The summed E-state index contributed by atoms with van der Waals surface area (Å²) in [6, 6.07) is 0. The number of nitrogens with zero attached hydrogens (tertiary/aromatic N) is 2. The fraction of sp³-hybridized carbons (Fsp3) is 0.750. The first-order chi connectivity index (χ1) is 22.9. The molecule has 276 valence electrons. The number of rotatable bonds is 16. The van der Waals surface area contributed by atoms with Gasteiger partial charge in [-0.25, -0.2) is 8.78 Å². The monoisotopic (exact) mass is 704 g/mol. The molecule has 9 atom stereocenters. The van der Waals surface area contributed by atoms with Crippen LogP contribution in [0.1, 0.15) is 78.6 Å². The fourth-order valence-corrected chi connectivity index (χ4v) is 9.01. The van der Waals surface area contributed by atoms with Crippen molar-refractivity contribution in [2.75, 3.05) is 19.8 Å². The number of aliphatic hydroxyl groups is 1. The number of Topliss-reactive ketones (excluding diaryl/α,β-unsaturated/α-hetero) is 1. The van der Waals surface area contributed by atoms with Crippen LogP contribution in [0.15, 0.2) is 23.8 Å². The highest BCUT2D eigenvalue weighted by Crippen LogP contribution is 2.71. The van der Waals surface area contributed by atoms with Gasteiger partial charge in [-0.05, 0) is 69.1 Å². The van der Waals surface area contributed by atoms with Gasteiger partial charge in [0.25, 0.3) is 0 Å². The molecule has 0 bridgehead atoms. The number of ether oxygens (including phenoxy) is 2. The first-order valence-electron chi connectivity index (χ1n) is 16.4. The maximum Gasteiger partial charge on any atom is 0.306 e. The summed E-state index contributed by atoms with van der Waals surface area (Å²) >= 11 is 0. The van der Waals surface area contributed by atoms with E-state index in [0.717, 1.165) is 12.2 Å². The van der Waals surface area contributed by atoms with Gasteiger partial charge in [-0.15, -0.1) is 0 Å². The molecule has 4 aliphatic carbocycles. The summed E-state index contributed by atoms with van der Waals surface area (Å²) in [5.41, 5.74) is -7.59. The molecule has 0 saturated heterocycles. The number of halogens is 2. The van der Waals surface area contributed by atoms with E-state index in [2.05, 4.69) is 9.68 Å². The quantitative estimate of drug-likeness (QED) is 0.0886.